The minimum atomic E-state index is 0.710. The summed E-state index contributed by atoms with van der Waals surface area (Å²) in [6.45, 7) is 7.78. The molecule has 0 heterocycles. The highest BCUT2D eigenvalue weighted by molar-refractivity contribution is 5.46. The summed E-state index contributed by atoms with van der Waals surface area (Å²) in [5.41, 5.74) is 4.91. The van der Waals surface area contributed by atoms with Gasteiger partial charge in [0.1, 0.15) is 5.75 Å². The zero-order valence-corrected chi connectivity index (χ0v) is 11.9. The number of hydrogen-bond donors (Lipinski definition) is 1. The molecule has 0 bridgehead atoms. The standard InChI is InChI=1S/C17H21NO/c1-4-19-17-11-13(2)15(10-14(17)3)12-18-16-8-6-5-7-9-16/h5-11,18H,4,12H2,1-3H3. The third-order valence-corrected chi connectivity index (χ3v) is 3.19. The molecule has 100 valence electrons. The van der Waals surface area contributed by atoms with Crippen molar-refractivity contribution in [3.05, 3.63) is 59.2 Å². The summed E-state index contributed by atoms with van der Waals surface area (Å²) in [6.07, 6.45) is 0. The summed E-state index contributed by atoms with van der Waals surface area (Å²) >= 11 is 0. The molecule has 0 saturated heterocycles. The van der Waals surface area contributed by atoms with Crippen LogP contribution in [0.25, 0.3) is 0 Å². The SMILES string of the molecule is CCOc1cc(C)c(CNc2ccccc2)cc1C. The molecule has 2 rings (SSSR count). The minimum absolute atomic E-state index is 0.710. The number of benzene rings is 2. The van der Waals surface area contributed by atoms with Gasteiger partial charge in [-0.3, -0.25) is 0 Å². The molecular weight excluding hydrogens is 234 g/mol. The summed E-state index contributed by atoms with van der Waals surface area (Å²) in [7, 11) is 0. The Morgan fingerprint density at radius 3 is 2.42 bits per heavy atom. The van der Waals surface area contributed by atoms with E-state index in [2.05, 4.69) is 43.4 Å². The lowest BCUT2D eigenvalue weighted by Gasteiger charge is -2.13. The number of aryl methyl sites for hydroxylation is 2. The van der Waals surface area contributed by atoms with Gasteiger partial charge in [0.25, 0.3) is 0 Å². The van der Waals surface area contributed by atoms with Crippen LogP contribution < -0.4 is 10.1 Å². The van der Waals surface area contributed by atoms with E-state index in [0.29, 0.717) is 6.61 Å². The molecule has 1 N–H and O–H groups in total. The van der Waals surface area contributed by atoms with Crippen molar-refractivity contribution in [2.45, 2.75) is 27.3 Å². The average molecular weight is 255 g/mol. The quantitative estimate of drug-likeness (QED) is 0.859. The first-order chi connectivity index (χ1) is 9.20. The summed E-state index contributed by atoms with van der Waals surface area (Å²) in [6, 6.07) is 14.6. The Morgan fingerprint density at radius 2 is 1.74 bits per heavy atom. The van der Waals surface area contributed by atoms with E-state index in [1.165, 1.54) is 16.7 Å². The van der Waals surface area contributed by atoms with Gasteiger partial charge < -0.3 is 10.1 Å². The van der Waals surface area contributed by atoms with Gasteiger partial charge in [0.15, 0.2) is 0 Å². The second-order valence-electron chi connectivity index (χ2n) is 4.70. The average Bonchev–Trinajstić information content (AvgIpc) is 2.42. The molecule has 19 heavy (non-hydrogen) atoms. The van der Waals surface area contributed by atoms with Crippen molar-refractivity contribution in [3.8, 4) is 5.75 Å². The molecule has 0 aliphatic rings. The molecule has 0 aliphatic carbocycles. The smallest absolute Gasteiger partial charge is 0.122 e. The molecule has 0 spiro atoms. The van der Waals surface area contributed by atoms with Gasteiger partial charge in [-0.05, 0) is 55.7 Å². The third-order valence-electron chi connectivity index (χ3n) is 3.19. The van der Waals surface area contributed by atoms with Crippen LogP contribution in [0.1, 0.15) is 23.6 Å². The lowest BCUT2D eigenvalue weighted by molar-refractivity contribution is 0.337. The maximum Gasteiger partial charge on any atom is 0.122 e. The van der Waals surface area contributed by atoms with Gasteiger partial charge in [0.2, 0.25) is 0 Å². The van der Waals surface area contributed by atoms with Crippen LogP contribution in [-0.2, 0) is 6.54 Å². The highest BCUT2D eigenvalue weighted by atomic mass is 16.5. The van der Waals surface area contributed by atoms with Crippen molar-refractivity contribution in [3.63, 3.8) is 0 Å². The Labute approximate surface area is 115 Å². The van der Waals surface area contributed by atoms with E-state index in [1.807, 2.05) is 25.1 Å². The minimum Gasteiger partial charge on any atom is -0.494 e. The maximum absolute atomic E-state index is 5.61. The van der Waals surface area contributed by atoms with Crippen LogP contribution in [0.3, 0.4) is 0 Å². The van der Waals surface area contributed by atoms with E-state index < -0.39 is 0 Å². The lowest BCUT2D eigenvalue weighted by atomic mass is 10.0. The monoisotopic (exact) mass is 255 g/mol. The van der Waals surface area contributed by atoms with E-state index in [0.717, 1.165) is 18.0 Å². The van der Waals surface area contributed by atoms with Crippen molar-refractivity contribution in [2.75, 3.05) is 11.9 Å². The van der Waals surface area contributed by atoms with Crippen LogP contribution in [0.4, 0.5) is 5.69 Å². The van der Waals surface area contributed by atoms with Gasteiger partial charge in [0, 0.05) is 12.2 Å². The van der Waals surface area contributed by atoms with Crippen LogP contribution in [0, 0.1) is 13.8 Å². The van der Waals surface area contributed by atoms with Crippen LogP contribution in [-0.4, -0.2) is 6.61 Å². The second kappa shape index (κ2) is 6.28. The van der Waals surface area contributed by atoms with E-state index >= 15 is 0 Å². The summed E-state index contributed by atoms with van der Waals surface area (Å²) < 4.78 is 5.61. The number of hydrogen-bond acceptors (Lipinski definition) is 2. The largest absolute Gasteiger partial charge is 0.494 e. The molecule has 2 aromatic carbocycles. The van der Waals surface area contributed by atoms with Crippen LogP contribution in [0.2, 0.25) is 0 Å². The number of rotatable bonds is 5. The first-order valence-corrected chi connectivity index (χ1v) is 6.72. The van der Waals surface area contributed by atoms with Crippen LogP contribution >= 0.6 is 0 Å². The first kappa shape index (κ1) is 13.5. The van der Waals surface area contributed by atoms with Gasteiger partial charge in [-0.2, -0.15) is 0 Å². The summed E-state index contributed by atoms with van der Waals surface area (Å²) in [5.74, 6) is 0.989. The molecule has 0 aliphatic heterocycles. The van der Waals surface area contributed by atoms with Crippen molar-refractivity contribution >= 4 is 5.69 Å². The van der Waals surface area contributed by atoms with Crippen LogP contribution in [0.15, 0.2) is 42.5 Å². The number of anilines is 1. The van der Waals surface area contributed by atoms with Gasteiger partial charge >= 0.3 is 0 Å². The number of para-hydroxylation sites is 1. The summed E-state index contributed by atoms with van der Waals surface area (Å²) in [5, 5.41) is 3.44. The van der Waals surface area contributed by atoms with Crippen molar-refractivity contribution in [1.82, 2.24) is 0 Å². The van der Waals surface area contributed by atoms with E-state index in [9.17, 15) is 0 Å². The molecule has 0 aromatic heterocycles. The second-order valence-corrected chi connectivity index (χ2v) is 4.70. The molecule has 0 radical (unpaired) electrons. The Bertz CT molecular complexity index is 534. The number of ether oxygens (including phenoxy) is 1. The van der Waals surface area contributed by atoms with Crippen molar-refractivity contribution in [1.29, 1.82) is 0 Å². The molecular formula is C17H21NO. The Kier molecular flexibility index (Phi) is 4.45. The zero-order chi connectivity index (χ0) is 13.7. The topological polar surface area (TPSA) is 21.3 Å². The Morgan fingerprint density at radius 1 is 1.00 bits per heavy atom. The highest BCUT2D eigenvalue weighted by Gasteiger charge is 2.05. The zero-order valence-electron chi connectivity index (χ0n) is 11.9. The predicted octanol–water partition coefficient (Wildman–Crippen LogP) is 4.31. The molecule has 2 aromatic rings. The van der Waals surface area contributed by atoms with E-state index in [4.69, 9.17) is 4.74 Å². The lowest BCUT2D eigenvalue weighted by Crippen LogP contribution is -2.03. The van der Waals surface area contributed by atoms with Crippen LogP contribution in [0.5, 0.6) is 5.75 Å². The van der Waals surface area contributed by atoms with Gasteiger partial charge in [-0.1, -0.05) is 24.3 Å². The fourth-order valence-corrected chi connectivity index (χ4v) is 2.10. The summed E-state index contributed by atoms with van der Waals surface area (Å²) in [4.78, 5) is 0. The van der Waals surface area contributed by atoms with E-state index in [-0.39, 0.29) is 0 Å². The molecule has 2 heteroatoms. The van der Waals surface area contributed by atoms with Crippen molar-refractivity contribution < 1.29 is 4.74 Å². The fourth-order valence-electron chi connectivity index (χ4n) is 2.10. The maximum atomic E-state index is 5.61. The molecule has 0 atom stereocenters. The fraction of sp³-hybridized carbons (Fsp3) is 0.294. The van der Waals surface area contributed by atoms with Crippen molar-refractivity contribution in [2.24, 2.45) is 0 Å². The Hall–Kier alpha value is -1.96. The van der Waals surface area contributed by atoms with Gasteiger partial charge in [0.05, 0.1) is 6.61 Å². The predicted molar refractivity (Wildman–Crippen MR) is 80.9 cm³/mol. The first-order valence-electron chi connectivity index (χ1n) is 6.72. The van der Waals surface area contributed by atoms with Gasteiger partial charge in [-0.15, -0.1) is 0 Å². The normalized spacial score (nSPS) is 10.3. The molecule has 0 fully saturated rings. The molecule has 2 nitrogen and oxygen atoms in total. The van der Waals surface area contributed by atoms with E-state index in [1.54, 1.807) is 0 Å². The molecule has 0 amide bonds. The molecule has 0 saturated carbocycles. The third kappa shape index (κ3) is 3.50. The highest BCUT2D eigenvalue weighted by Crippen LogP contribution is 2.23. The number of nitrogens with one attached hydrogen (secondary N) is 1. The van der Waals surface area contributed by atoms with Gasteiger partial charge in [-0.25, -0.2) is 0 Å². The molecule has 0 unspecified atom stereocenters. The Balaban J connectivity index is 2.10.